The summed E-state index contributed by atoms with van der Waals surface area (Å²) in [7, 11) is 0. The Morgan fingerprint density at radius 3 is 2.84 bits per heavy atom. The fourth-order valence-electron chi connectivity index (χ4n) is 3.08. The second-order valence-corrected chi connectivity index (χ2v) is 6.02. The second-order valence-electron chi connectivity index (χ2n) is 5.10. The van der Waals surface area contributed by atoms with E-state index >= 15 is 0 Å². The van der Waals surface area contributed by atoms with E-state index in [9.17, 15) is 5.11 Å². The van der Waals surface area contributed by atoms with Crippen LogP contribution in [0.25, 0.3) is 0 Å². The number of hydrogen-bond donors (Lipinski definition) is 2. The molecule has 19 heavy (non-hydrogen) atoms. The molecule has 3 nitrogen and oxygen atoms in total. The van der Waals surface area contributed by atoms with Crippen LogP contribution in [0.1, 0.15) is 38.3 Å². The van der Waals surface area contributed by atoms with Gasteiger partial charge in [-0.1, -0.05) is 29.8 Å². The lowest BCUT2D eigenvalue weighted by molar-refractivity contribution is 0.145. The van der Waals surface area contributed by atoms with Crippen LogP contribution >= 0.6 is 15.9 Å². The summed E-state index contributed by atoms with van der Waals surface area (Å²) in [6, 6.07) is 6.58. The summed E-state index contributed by atoms with van der Waals surface area (Å²) in [5, 5.41) is 13.6. The van der Waals surface area contributed by atoms with E-state index in [0.717, 1.165) is 36.1 Å². The van der Waals surface area contributed by atoms with Gasteiger partial charge in [-0.25, -0.2) is 0 Å². The van der Waals surface area contributed by atoms with Crippen molar-refractivity contribution in [1.29, 1.82) is 0 Å². The Labute approximate surface area is 124 Å². The van der Waals surface area contributed by atoms with Crippen LogP contribution in [0, 0.1) is 0 Å². The number of aromatic hydroxyl groups is 1. The van der Waals surface area contributed by atoms with Crippen molar-refractivity contribution >= 4 is 15.9 Å². The van der Waals surface area contributed by atoms with Crippen molar-refractivity contribution in [2.24, 2.45) is 0 Å². The van der Waals surface area contributed by atoms with Gasteiger partial charge in [0.2, 0.25) is 0 Å². The molecular weight excluding hydrogens is 304 g/mol. The molecule has 0 saturated carbocycles. The monoisotopic (exact) mass is 326 g/mol. The Bertz CT molecular complexity index is 419. The minimum absolute atomic E-state index is 0.285. The SMILES string of the molecule is CCC(c1cc(Br)ccc1O)N(CC)C1CCNC1. The predicted molar refractivity (Wildman–Crippen MR) is 82.5 cm³/mol. The maximum atomic E-state index is 10.2. The van der Waals surface area contributed by atoms with E-state index in [-0.39, 0.29) is 6.04 Å². The molecule has 1 fully saturated rings. The summed E-state index contributed by atoms with van der Waals surface area (Å²) >= 11 is 3.51. The lowest BCUT2D eigenvalue weighted by atomic mass is 9.99. The zero-order valence-corrected chi connectivity index (χ0v) is 13.3. The lowest BCUT2D eigenvalue weighted by Gasteiger charge is -2.35. The predicted octanol–water partition coefficient (Wildman–Crippen LogP) is 3.29. The highest BCUT2D eigenvalue weighted by atomic mass is 79.9. The van der Waals surface area contributed by atoms with E-state index < -0.39 is 0 Å². The summed E-state index contributed by atoms with van der Waals surface area (Å²) in [6.45, 7) is 7.56. The molecule has 1 aliphatic rings. The third-order valence-corrected chi connectivity index (χ3v) is 4.50. The highest BCUT2D eigenvalue weighted by Gasteiger charge is 2.28. The number of phenols is 1. The zero-order valence-electron chi connectivity index (χ0n) is 11.7. The largest absolute Gasteiger partial charge is 0.508 e. The first-order valence-electron chi connectivity index (χ1n) is 7.12. The van der Waals surface area contributed by atoms with Crippen molar-refractivity contribution in [1.82, 2.24) is 10.2 Å². The molecule has 1 aliphatic heterocycles. The van der Waals surface area contributed by atoms with Crippen LogP contribution in [-0.2, 0) is 0 Å². The van der Waals surface area contributed by atoms with Crippen molar-refractivity contribution in [3.05, 3.63) is 28.2 Å². The highest BCUT2D eigenvalue weighted by Crippen LogP contribution is 2.35. The van der Waals surface area contributed by atoms with Crippen LogP contribution in [0.3, 0.4) is 0 Å². The number of nitrogens with one attached hydrogen (secondary N) is 1. The first-order valence-corrected chi connectivity index (χ1v) is 7.91. The second kappa shape index (κ2) is 6.73. The standard InChI is InChI=1S/C15H23BrN2O/c1-3-14(13-9-11(16)5-6-15(13)19)18(4-2)12-7-8-17-10-12/h5-6,9,12,14,17,19H,3-4,7-8,10H2,1-2H3. The molecule has 2 atom stereocenters. The quantitative estimate of drug-likeness (QED) is 0.871. The van der Waals surface area contributed by atoms with Crippen molar-refractivity contribution in [3.8, 4) is 5.75 Å². The van der Waals surface area contributed by atoms with Crippen molar-refractivity contribution in [2.75, 3.05) is 19.6 Å². The lowest BCUT2D eigenvalue weighted by Crippen LogP contribution is -2.39. The van der Waals surface area contributed by atoms with Gasteiger partial charge in [-0.3, -0.25) is 4.90 Å². The number of likely N-dealkylation sites (N-methyl/N-ethyl adjacent to an activating group) is 1. The molecule has 0 spiro atoms. The average Bonchev–Trinajstić information content (AvgIpc) is 2.92. The van der Waals surface area contributed by atoms with Crippen molar-refractivity contribution < 1.29 is 5.11 Å². The summed E-state index contributed by atoms with van der Waals surface area (Å²) < 4.78 is 1.03. The summed E-state index contributed by atoms with van der Waals surface area (Å²) in [5.41, 5.74) is 1.03. The Morgan fingerprint density at radius 2 is 2.26 bits per heavy atom. The summed E-state index contributed by atoms with van der Waals surface area (Å²) in [6.07, 6.45) is 2.20. The molecule has 2 N–H and O–H groups in total. The van der Waals surface area contributed by atoms with Crippen molar-refractivity contribution in [2.45, 2.75) is 38.8 Å². The first-order chi connectivity index (χ1) is 9.17. The van der Waals surface area contributed by atoms with Crippen molar-refractivity contribution in [3.63, 3.8) is 0 Å². The molecule has 0 aliphatic carbocycles. The van der Waals surface area contributed by atoms with Gasteiger partial charge in [-0.2, -0.15) is 0 Å². The van der Waals surface area contributed by atoms with Crippen LogP contribution in [0.15, 0.2) is 22.7 Å². The van der Waals surface area contributed by atoms with Gasteiger partial charge >= 0.3 is 0 Å². The molecular formula is C15H23BrN2O. The third-order valence-electron chi connectivity index (χ3n) is 4.00. The number of nitrogens with zero attached hydrogens (tertiary/aromatic N) is 1. The van der Waals surface area contributed by atoms with E-state index in [1.54, 1.807) is 6.07 Å². The first kappa shape index (κ1) is 14.8. The fourth-order valence-corrected chi connectivity index (χ4v) is 3.46. The molecule has 0 aromatic heterocycles. The Kier molecular flexibility index (Phi) is 5.25. The number of halogens is 1. The number of rotatable bonds is 5. The fraction of sp³-hybridized carbons (Fsp3) is 0.600. The van der Waals surface area contributed by atoms with E-state index in [2.05, 4.69) is 46.1 Å². The molecule has 2 rings (SSSR count). The van der Waals surface area contributed by atoms with E-state index in [1.165, 1.54) is 6.42 Å². The van der Waals surface area contributed by atoms with Crippen LogP contribution in [0.4, 0.5) is 0 Å². The molecule has 1 saturated heterocycles. The minimum atomic E-state index is 0.285. The molecule has 0 bridgehead atoms. The van der Waals surface area contributed by atoms with Gasteiger partial charge < -0.3 is 10.4 Å². The molecule has 1 aromatic carbocycles. The van der Waals surface area contributed by atoms with Gasteiger partial charge in [0.25, 0.3) is 0 Å². The van der Waals surface area contributed by atoms with Crippen LogP contribution in [-0.4, -0.2) is 35.7 Å². The molecule has 1 heterocycles. The zero-order chi connectivity index (χ0) is 13.8. The third kappa shape index (κ3) is 3.30. The molecule has 106 valence electrons. The Hall–Kier alpha value is -0.580. The van der Waals surface area contributed by atoms with Crippen LogP contribution < -0.4 is 5.32 Å². The van der Waals surface area contributed by atoms with E-state index in [0.29, 0.717) is 11.8 Å². The van der Waals surface area contributed by atoms with Gasteiger partial charge in [0, 0.05) is 28.7 Å². The molecule has 1 aromatic rings. The normalized spacial score (nSPS) is 20.9. The van der Waals surface area contributed by atoms with Gasteiger partial charge in [0.15, 0.2) is 0 Å². The van der Waals surface area contributed by atoms with Gasteiger partial charge in [0.1, 0.15) is 5.75 Å². The van der Waals surface area contributed by atoms with Gasteiger partial charge in [0.05, 0.1) is 0 Å². The van der Waals surface area contributed by atoms with E-state index in [4.69, 9.17) is 0 Å². The Morgan fingerprint density at radius 1 is 1.47 bits per heavy atom. The maximum Gasteiger partial charge on any atom is 0.120 e. The molecule has 0 amide bonds. The topological polar surface area (TPSA) is 35.5 Å². The van der Waals surface area contributed by atoms with Gasteiger partial charge in [-0.15, -0.1) is 0 Å². The molecule has 2 unspecified atom stereocenters. The minimum Gasteiger partial charge on any atom is -0.508 e. The smallest absolute Gasteiger partial charge is 0.120 e. The summed E-state index contributed by atoms with van der Waals surface area (Å²) in [5.74, 6) is 0.402. The molecule has 4 heteroatoms. The van der Waals surface area contributed by atoms with Crippen LogP contribution in [0.5, 0.6) is 5.75 Å². The number of hydrogen-bond acceptors (Lipinski definition) is 3. The van der Waals surface area contributed by atoms with Crippen LogP contribution in [0.2, 0.25) is 0 Å². The maximum absolute atomic E-state index is 10.2. The number of benzene rings is 1. The molecule has 0 radical (unpaired) electrons. The summed E-state index contributed by atoms with van der Waals surface area (Å²) in [4.78, 5) is 2.52. The average molecular weight is 327 g/mol. The van der Waals surface area contributed by atoms with Gasteiger partial charge in [-0.05, 0) is 44.1 Å². The Balaban J connectivity index is 2.28. The highest BCUT2D eigenvalue weighted by molar-refractivity contribution is 9.10. The number of phenolic OH excluding ortho intramolecular Hbond substituents is 1. The van der Waals surface area contributed by atoms with E-state index in [1.807, 2.05) is 6.07 Å².